The number of fused-ring (bicyclic) bond motifs is 3. The predicted molar refractivity (Wildman–Crippen MR) is 155 cm³/mol. The number of phenols is 1. The van der Waals surface area contributed by atoms with E-state index < -0.39 is 0 Å². The van der Waals surface area contributed by atoms with Crippen molar-refractivity contribution < 1.29 is 19.4 Å². The first-order valence-electron chi connectivity index (χ1n) is 14.2. The molecule has 0 saturated carbocycles. The van der Waals surface area contributed by atoms with Gasteiger partial charge in [-0.2, -0.15) is 0 Å². The Hall–Kier alpha value is -4.03. The van der Waals surface area contributed by atoms with E-state index in [1.807, 2.05) is 72.8 Å². The molecule has 2 fully saturated rings. The van der Waals surface area contributed by atoms with Crippen molar-refractivity contribution in [3.05, 3.63) is 101 Å². The van der Waals surface area contributed by atoms with Gasteiger partial charge in [0.2, 0.25) is 11.8 Å². The molecule has 3 aliphatic rings. The summed E-state index contributed by atoms with van der Waals surface area (Å²) in [6.07, 6.45) is 7.60. The van der Waals surface area contributed by atoms with Crippen LogP contribution in [0.4, 0.5) is 5.69 Å². The van der Waals surface area contributed by atoms with Crippen molar-refractivity contribution in [3.63, 3.8) is 0 Å². The maximum atomic E-state index is 13.7. The first-order chi connectivity index (χ1) is 19.6. The molecule has 2 aliphatic heterocycles. The van der Waals surface area contributed by atoms with Crippen LogP contribution < -0.4 is 4.90 Å². The lowest BCUT2D eigenvalue weighted by Gasteiger charge is -2.32. The number of hydrogen-bond acceptors (Lipinski definition) is 5. The second-order valence-electron chi connectivity index (χ2n) is 10.9. The van der Waals surface area contributed by atoms with E-state index in [4.69, 9.17) is 4.74 Å². The van der Waals surface area contributed by atoms with Crippen LogP contribution in [0.15, 0.2) is 90.1 Å². The van der Waals surface area contributed by atoms with Crippen LogP contribution in [-0.4, -0.2) is 34.6 Å². The molecule has 0 spiro atoms. The molecule has 3 heterocycles. The third kappa shape index (κ3) is 4.77. The largest absolute Gasteiger partial charge is 0.507 e. The van der Waals surface area contributed by atoms with E-state index in [1.165, 1.54) is 16.0 Å². The molecule has 2 amide bonds. The van der Waals surface area contributed by atoms with Gasteiger partial charge in [-0.15, -0.1) is 0 Å². The number of ether oxygens (including phenoxy) is 1. The molecule has 6 heteroatoms. The number of hydrogen-bond donors (Lipinski definition) is 1. The molecule has 2 aromatic carbocycles. The molecule has 204 valence electrons. The number of rotatable bonds is 8. The lowest BCUT2D eigenvalue weighted by atomic mass is 9.68. The third-order valence-corrected chi connectivity index (χ3v) is 8.51. The average Bonchev–Trinajstić information content (AvgIpc) is 3.51. The topological polar surface area (TPSA) is 79.7 Å². The molecule has 6 rings (SSSR count). The molecule has 6 nitrogen and oxygen atoms in total. The summed E-state index contributed by atoms with van der Waals surface area (Å²) in [4.78, 5) is 33.3. The molecule has 4 atom stereocenters. The van der Waals surface area contributed by atoms with Gasteiger partial charge in [0, 0.05) is 17.7 Å². The van der Waals surface area contributed by atoms with E-state index in [-0.39, 0.29) is 41.4 Å². The van der Waals surface area contributed by atoms with Crippen LogP contribution in [0.2, 0.25) is 0 Å². The first-order valence-corrected chi connectivity index (χ1v) is 14.2. The summed E-state index contributed by atoms with van der Waals surface area (Å²) in [5.41, 5.74) is 5.80. The molecule has 0 radical (unpaired) electrons. The van der Waals surface area contributed by atoms with Crippen molar-refractivity contribution in [1.29, 1.82) is 0 Å². The highest BCUT2D eigenvalue weighted by Crippen LogP contribution is 2.51. The van der Waals surface area contributed by atoms with E-state index in [9.17, 15) is 14.7 Å². The number of para-hydroxylation sites is 2. The minimum absolute atomic E-state index is 0.0732. The van der Waals surface area contributed by atoms with Gasteiger partial charge in [-0.05, 0) is 73.2 Å². The maximum absolute atomic E-state index is 13.7. The fourth-order valence-electron chi connectivity index (χ4n) is 6.75. The average molecular weight is 535 g/mol. The van der Waals surface area contributed by atoms with Gasteiger partial charge in [-0.1, -0.05) is 61.4 Å². The van der Waals surface area contributed by atoms with E-state index in [2.05, 4.69) is 11.9 Å². The zero-order valence-electron chi connectivity index (χ0n) is 22.7. The highest BCUT2D eigenvalue weighted by atomic mass is 16.5. The number of carbonyl (C=O) groups is 2. The first kappa shape index (κ1) is 26.2. The van der Waals surface area contributed by atoms with Crippen molar-refractivity contribution in [2.45, 2.75) is 45.1 Å². The van der Waals surface area contributed by atoms with Crippen molar-refractivity contribution in [3.8, 4) is 5.75 Å². The van der Waals surface area contributed by atoms with Gasteiger partial charge in [-0.25, -0.2) is 0 Å². The second-order valence-corrected chi connectivity index (χ2v) is 10.9. The van der Waals surface area contributed by atoms with Gasteiger partial charge in [0.1, 0.15) is 5.75 Å². The number of imide groups is 1. The molecule has 1 aliphatic carbocycles. The summed E-state index contributed by atoms with van der Waals surface area (Å²) in [7, 11) is 0. The normalized spacial score (nSPS) is 24.4. The monoisotopic (exact) mass is 534 g/mol. The number of aromatic nitrogens is 1. The van der Waals surface area contributed by atoms with Gasteiger partial charge in [0.25, 0.3) is 0 Å². The molecule has 40 heavy (non-hydrogen) atoms. The van der Waals surface area contributed by atoms with Crippen molar-refractivity contribution in [2.24, 2.45) is 17.8 Å². The summed E-state index contributed by atoms with van der Waals surface area (Å²) in [6, 6.07) is 22.4. The van der Waals surface area contributed by atoms with Crippen LogP contribution in [0.25, 0.3) is 11.6 Å². The lowest BCUT2D eigenvalue weighted by Crippen LogP contribution is -2.34. The zero-order chi connectivity index (χ0) is 27.6. The summed E-state index contributed by atoms with van der Waals surface area (Å²) in [5.74, 6) is -0.726. The molecule has 1 N–H and O–H groups in total. The number of nitrogens with zero attached hydrogens (tertiary/aromatic N) is 2. The Bertz CT molecular complexity index is 1460. The Balaban J connectivity index is 1.29. The van der Waals surface area contributed by atoms with Gasteiger partial charge < -0.3 is 9.84 Å². The number of allylic oxidation sites excluding steroid dienone is 2. The summed E-state index contributed by atoms with van der Waals surface area (Å²) >= 11 is 0. The quantitative estimate of drug-likeness (QED) is 0.266. The standard InChI is InChI=1S/C34H34N2O4/c1-2-10-24-20-26-32(34(39)36(33(26)38)25-12-4-3-5-13-25)27-21-40-30(31(24)27)17-16-22(28-14-8-9-18-35-28)19-23-11-6-7-15-29(23)37/h3-9,11-15,18-19,26-27,30,32,37H,2,10,16-17,20-21H2,1H3/b22-19-/t26-,27+,30-,32-/m1/s1. The van der Waals surface area contributed by atoms with E-state index >= 15 is 0 Å². The fraction of sp³-hybridized carbons (Fsp3) is 0.324. The highest BCUT2D eigenvalue weighted by molar-refractivity contribution is 6.22. The minimum Gasteiger partial charge on any atom is -0.507 e. The number of amides is 2. The minimum atomic E-state index is -0.375. The van der Waals surface area contributed by atoms with E-state index in [0.717, 1.165) is 36.1 Å². The maximum Gasteiger partial charge on any atom is 0.238 e. The third-order valence-electron chi connectivity index (χ3n) is 8.51. The van der Waals surface area contributed by atoms with Crippen molar-refractivity contribution in [1.82, 2.24) is 4.98 Å². The van der Waals surface area contributed by atoms with Crippen molar-refractivity contribution in [2.75, 3.05) is 11.5 Å². The molecule has 3 aromatic rings. The molecule has 0 bridgehead atoms. The number of carbonyl (C=O) groups excluding carboxylic acids is 2. The van der Waals surface area contributed by atoms with E-state index in [1.54, 1.807) is 12.3 Å². The van der Waals surface area contributed by atoms with Crippen LogP contribution >= 0.6 is 0 Å². The Kier molecular flexibility index (Phi) is 7.35. The van der Waals surface area contributed by atoms with Gasteiger partial charge in [-0.3, -0.25) is 19.5 Å². The van der Waals surface area contributed by atoms with Crippen LogP contribution in [0.3, 0.4) is 0 Å². The summed E-state index contributed by atoms with van der Waals surface area (Å²) < 4.78 is 6.43. The number of benzene rings is 2. The Labute approximate surface area is 235 Å². The summed E-state index contributed by atoms with van der Waals surface area (Å²) in [6.45, 7) is 2.61. The number of anilines is 1. The smallest absolute Gasteiger partial charge is 0.238 e. The second kappa shape index (κ2) is 11.2. The Morgan fingerprint density at radius 2 is 1.77 bits per heavy atom. The molecule has 1 aromatic heterocycles. The van der Waals surface area contributed by atoms with Gasteiger partial charge >= 0.3 is 0 Å². The van der Waals surface area contributed by atoms with Crippen LogP contribution in [0.5, 0.6) is 5.75 Å². The Morgan fingerprint density at radius 3 is 2.52 bits per heavy atom. The number of aromatic hydroxyl groups is 1. The summed E-state index contributed by atoms with van der Waals surface area (Å²) in [5, 5.41) is 10.4. The van der Waals surface area contributed by atoms with Crippen molar-refractivity contribution >= 4 is 29.2 Å². The van der Waals surface area contributed by atoms with Gasteiger partial charge in [0.05, 0.1) is 35.9 Å². The fourth-order valence-corrected chi connectivity index (χ4v) is 6.75. The Morgan fingerprint density at radius 1 is 1.00 bits per heavy atom. The highest BCUT2D eigenvalue weighted by Gasteiger charge is 2.57. The van der Waals surface area contributed by atoms with Crippen LogP contribution in [0, 0.1) is 17.8 Å². The SMILES string of the molecule is CCCC1=C2[C@@H](CC/C(=C/c3ccccc3O)c3ccccn3)OC[C@@H]2[C@@H]2C(=O)N(c3ccccc3)C(=O)[C@@H]2C1. The molecular weight excluding hydrogens is 500 g/mol. The van der Waals surface area contributed by atoms with Crippen LogP contribution in [0.1, 0.15) is 50.3 Å². The number of phenolic OH excluding ortho intramolecular Hbond substituents is 1. The van der Waals surface area contributed by atoms with Crippen LogP contribution in [-0.2, 0) is 14.3 Å². The van der Waals surface area contributed by atoms with E-state index in [0.29, 0.717) is 25.1 Å². The zero-order valence-corrected chi connectivity index (χ0v) is 22.7. The molecule has 2 saturated heterocycles. The predicted octanol–water partition coefficient (Wildman–Crippen LogP) is 6.43. The molecule has 0 unspecified atom stereocenters. The lowest BCUT2D eigenvalue weighted by molar-refractivity contribution is -0.122. The number of pyridine rings is 1. The molecular formula is C34H34N2O4. The van der Waals surface area contributed by atoms with Gasteiger partial charge in [0.15, 0.2) is 0 Å².